The molecule has 0 aromatic heterocycles. The first kappa shape index (κ1) is 15.4. The second-order valence-electron chi connectivity index (χ2n) is 5.42. The molecule has 0 bridgehead atoms. The van der Waals surface area contributed by atoms with E-state index in [1.807, 2.05) is 0 Å². The van der Waals surface area contributed by atoms with E-state index in [-0.39, 0.29) is 19.0 Å². The van der Waals surface area contributed by atoms with Gasteiger partial charge < -0.3 is 18.9 Å². The Morgan fingerprint density at radius 3 is 1.71 bits per heavy atom. The Balaban J connectivity index is 1.51. The third kappa shape index (κ3) is 2.85. The minimum atomic E-state index is -0.787. The van der Waals surface area contributed by atoms with Crippen LogP contribution in [0.3, 0.4) is 0 Å². The van der Waals surface area contributed by atoms with Crippen molar-refractivity contribution in [3.63, 3.8) is 0 Å². The lowest BCUT2D eigenvalue weighted by Crippen LogP contribution is -2.48. The predicted octanol–water partition coefficient (Wildman–Crippen LogP) is 3.54. The predicted molar refractivity (Wildman–Crippen MR) is 87.7 cm³/mol. The SMILES string of the molecule is O=C(C1COc2ccc(Cl)cc2O1)C1COc2ccc(Cl)cc2O1. The summed E-state index contributed by atoms with van der Waals surface area (Å²) in [5.74, 6) is 1.73. The summed E-state index contributed by atoms with van der Waals surface area (Å²) in [6.07, 6.45) is -1.57. The van der Waals surface area contributed by atoms with Crippen LogP contribution in [-0.2, 0) is 4.79 Å². The average molecular weight is 367 g/mol. The molecule has 5 nitrogen and oxygen atoms in total. The molecular weight excluding hydrogens is 355 g/mol. The Hall–Kier alpha value is -2.11. The fourth-order valence-electron chi connectivity index (χ4n) is 2.58. The van der Waals surface area contributed by atoms with Gasteiger partial charge in [0.2, 0.25) is 5.78 Å². The van der Waals surface area contributed by atoms with Gasteiger partial charge in [-0.05, 0) is 24.3 Å². The number of ether oxygens (including phenoxy) is 4. The number of ketones is 1. The topological polar surface area (TPSA) is 54.0 Å². The maximum Gasteiger partial charge on any atom is 0.220 e. The molecule has 0 saturated carbocycles. The number of fused-ring (bicyclic) bond motifs is 2. The first-order valence-corrected chi connectivity index (χ1v) is 8.07. The van der Waals surface area contributed by atoms with Gasteiger partial charge in [0.1, 0.15) is 13.2 Å². The van der Waals surface area contributed by atoms with Gasteiger partial charge in [-0.15, -0.1) is 0 Å². The molecule has 7 heteroatoms. The van der Waals surface area contributed by atoms with Crippen LogP contribution < -0.4 is 18.9 Å². The van der Waals surface area contributed by atoms with Crippen LogP contribution in [0.4, 0.5) is 0 Å². The molecule has 0 N–H and O–H groups in total. The quantitative estimate of drug-likeness (QED) is 0.813. The zero-order valence-corrected chi connectivity index (χ0v) is 13.8. The van der Waals surface area contributed by atoms with Gasteiger partial charge in [-0.1, -0.05) is 23.2 Å². The Morgan fingerprint density at radius 2 is 1.25 bits per heavy atom. The number of hydrogen-bond acceptors (Lipinski definition) is 5. The van der Waals surface area contributed by atoms with Crippen LogP contribution in [-0.4, -0.2) is 31.2 Å². The maximum absolute atomic E-state index is 12.7. The van der Waals surface area contributed by atoms with E-state index < -0.39 is 12.2 Å². The first-order chi connectivity index (χ1) is 11.6. The van der Waals surface area contributed by atoms with Gasteiger partial charge in [0.05, 0.1) is 0 Å². The van der Waals surface area contributed by atoms with Crippen LogP contribution in [0.5, 0.6) is 23.0 Å². The van der Waals surface area contributed by atoms with E-state index in [2.05, 4.69) is 0 Å². The van der Waals surface area contributed by atoms with Gasteiger partial charge >= 0.3 is 0 Å². The van der Waals surface area contributed by atoms with Crippen LogP contribution >= 0.6 is 23.2 Å². The summed E-state index contributed by atoms with van der Waals surface area (Å²) >= 11 is 11.9. The van der Waals surface area contributed by atoms with Crippen molar-refractivity contribution < 1.29 is 23.7 Å². The molecule has 0 spiro atoms. The molecule has 0 radical (unpaired) electrons. The molecule has 0 saturated heterocycles. The molecule has 124 valence electrons. The lowest BCUT2D eigenvalue weighted by atomic mass is 10.1. The molecule has 2 aromatic carbocycles. The minimum absolute atomic E-state index is 0.107. The molecule has 4 rings (SSSR count). The van der Waals surface area contributed by atoms with Gasteiger partial charge in [-0.3, -0.25) is 4.79 Å². The summed E-state index contributed by atoms with van der Waals surface area (Å²) in [6, 6.07) is 10.0. The summed E-state index contributed by atoms with van der Waals surface area (Å²) in [5, 5.41) is 1.01. The second-order valence-corrected chi connectivity index (χ2v) is 6.29. The standard InChI is InChI=1S/C17H12Cl2O5/c18-9-1-3-11-13(5-9)23-15(7-21-11)17(20)16-8-22-12-4-2-10(19)6-14(12)24-16/h1-6,15-16H,7-8H2. The fraction of sp³-hybridized carbons (Fsp3) is 0.235. The molecule has 2 aliphatic heterocycles. The number of rotatable bonds is 2. The van der Waals surface area contributed by atoms with Crippen LogP contribution in [0.2, 0.25) is 10.0 Å². The van der Waals surface area contributed by atoms with Crippen molar-refractivity contribution in [2.24, 2.45) is 0 Å². The Kier molecular flexibility index (Phi) is 3.90. The van der Waals surface area contributed by atoms with Crippen LogP contribution in [0, 0.1) is 0 Å². The highest BCUT2D eigenvalue weighted by atomic mass is 35.5. The molecule has 0 aliphatic carbocycles. The molecule has 2 aromatic rings. The number of carbonyl (C=O) groups excluding carboxylic acids is 1. The number of carbonyl (C=O) groups is 1. The minimum Gasteiger partial charge on any atom is -0.485 e. The van der Waals surface area contributed by atoms with E-state index in [4.69, 9.17) is 42.1 Å². The van der Waals surface area contributed by atoms with E-state index in [9.17, 15) is 4.79 Å². The van der Waals surface area contributed by atoms with Gasteiger partial charge in [0, 0.05) is 22.2 Å². The van der Waals surface area contributed by atoms with E-state index >= 15 is 0 Å². The average Bonchev–Trinajstić information content (AvgIpc) is 2.59. The summed E-state index contributed by atoms with van der Waals surface area (Å²) in [7, 11) is 0. The lowest BCUT2D eigenvalue weighted by molar-refractivity contribution is -0.137. The third-order valence-electron chi connectivity index (χ3n) is 3.77. The number of halogens is 2. The summed E-state index contributed by atoms with van der Waals surface area (Å²) in [5.41, 5.74) is 0. The Bertz CT molecular complexity index is 742. The van der Waals surface area contributed by atoms with Crippen molar-refractivity contribution >= 4 is 29.0 Å². The highest BCUT2D eigenvalue weighted by Crippen LogP contribution is 2.36. The van der Waals surface area contributed by atoms with E-state index in [0.29, 0.717) is 33.0 Å². The largest absolute Gasteiger partial charge is 0.485 e. The number of benzene rings is 2. The van der Waals surface area contributed by atoms with Crippen molar-refractivity contribution in [3.8, 4) is 23.0 Å². The molecule has 2 aliphatic rings. The monoisotopic (exact) mass is 366 g/mol. The second kappa shape index (κ2) is 6.07. The molecule has 24 heavy (non-hydrogen) atoms. The maximum atomic E-state index is 12.7. The van der Waals surface area contributed by atoms with Gasteiger partial charge in [-0.2, -0.15) is 0 Å². The zero-order valence-electron chi connectivity index (χ0n) is 12.3. The third-order valence-corrected chi connectivity index (χ3v) is 4.24. The lowest BCUT2D eigenvalue weighted by Gasteiger charge is -2.30. The summed E-state index contributed by atoms with van der Waals surface area (Å²) in [6.45, 7) is 0.214. The number of Topliss-reactive ketones (excluding diaryl/α,β-unsaturated/α-hetero) is 1. The van der Waals surface area contributed by atoms with Crippen molar-refractivity contribution in [1.82, 2.24) is 0 Å². The van der Waals surface area contributed by atoms with Crippen molar-refractivity contribution in [2.75, 3.05) is 13.2 Å². The molecule has 0 amide bonds. The van der Waals surface area contributed by atoms with Crippen LogP contribution in [0.1, 0.15) is 0 Å². The summed E-state index contributed by atoms with van der Waals surface area (Å²) in [4.78, 5) is 12.7. The Labute approximate surface area is 148 Å². The smallest absolute Gasteiger partial charge is 0.220 e. The molecule has 2 heterocycles. The van der Waals surface area contributed by atoms with E-state index in [1.54, 1.807) is 36.4 Å². The molecular formula is C17H12Cl2O5. The molecule has 0 fully saturated rings. The zero-order chi connectivity index (χ0) is 16.7. The highest BCUT2D eigenvalue weighted by Gasteiger charge is 2.36. The van der Waals surface area contributed by atoms with Crippen LogP contribution in [0.25, 0.3) is 0 Å². The van der Waals surface area contributed by atoms with Gasteiger partial charge in [-0.25, -0.2) is 0 Å². The van der Waals surface area contributed by atoms with Crippen LogP contribution in [0.15, 0.2) is 36.4 Å². The summed E-state index contributed by atoms with van der Waals surface area (Å²) < 4.78 is 22.6. The normalized spacial score (nSPS) is 21.2. The van der Waals surface area contributed by atoms with Gasteiger partial charge in [0.15, 0.2) is 35.2 Å². The molecule has 2 unspecified atom stereocenters. The van der Waals surface area contributed by atoms with Crippen molar-refractivity contribution in [2.45, 2.75) is 12.2 Å². The first-order valence-electron chi connectivity index (χ1n) is 7.32. The van der Waals surface area contributed by atoms with E-state index in [1.165, 1.54) is 0 Å². The van der Waals surface area contributed by atoms with Gasteiger partial charge in [0.25, 0.3) is 0 Å². The van der Waals surface area contributed by atoms with Crippen molar-refractivity contribution in [1.29, 1.82) is 0 Å². The highest BCUT2D eigenvalue weighted by molar-refractivity contribution is 6.31. The van der Waals surface area contributed by atoms with Crippen molar-refractivity contribution in [3.05, 3.63) is 46.4 Å². The number of hydrogen-bond donors (Lipinski definition) is 0. The Morgan fingerprint density at radius 1 is 0.792 bits per heavy atom. The molecule has 2 atom stereocenters. The fourth-order valence-corrected chi connectivity index (χ4v) is 2.90. The van der Waals surface area contributed by atoms with E-state index in [0.717, 1.165) is 0 Å².